The quantitative estimate of drug-likeness (QED) is 0.322. The SMILES string of the molecule is Cc1cc(NC(=O)c2cc(NC(=O)[C@@H]3[C@@H](c4cc(Cl)cc(Cl)c4)C3(Cl)Cl)ccc2Cl)ncc1F. The van der Waals surface area contributed by atoms with Gasteiger partial charge in [-0.2, -0.15) is 0 Å². The second-order valence-corrected chi connectivity index (χ2v) is 10.5. The summed E-state index contributed by atoms with van der Waals surface area (Å²) in [4.78, 5) is 29.5. The number of hydrogen-bond acceptors (Lipinski definition) is 3. The standard InChI is InChI=1S/C23H15Cl5FN3O2/c1-10-4-18(30-9-17(10)29)32-21(33)15-8-14(2-3-16(15)26)31-22(34)20-19(23(20,27)28)11-5-12(24)7-13(25)6-11/h2-9,19-20H,1H3,(H,31,34)(H,30,32,33)/t19-,20+/m1/s1. The number of amides is 2. The summed E-state index contributed by atoms with van der Waals surface area (Å²) in [6.07, 6.45) is 1.01. The lowest BCUT2D eigenvalue weighted by Crippen LogP contribution is -2.18. The second-order valence-electron chi connectivity index (χ2n) is 7.79. The van der Waals surface area contributed by atoms with Crippen LogP contribution in [0.25, 0.3) is 0 Å². The number of nitrogens with one attached hydrogen (secondary N) is 2. The van der Waals surface area contributed by atoms with Crippen molar-refractivity contribution in [1.82, 2.24) is 4.98 Å². The van der Waals surface area contributed by atoms with Gasteiger partial charge in [-0.3, -0.25) is 9.59 Å². The first-order valence-corrected chi connectivity index (χ1v) is 11.7. The van der Waals surface area contributed by atoms with Crippen LogP contribution in [0.5, 0.6) is 0 Å². The number of hydrogen-bond donors (Lipinski definition) is 2. The number of rotatable bonds is 5. The highest BCUT2D eigenvalue weighted by atomic mass is 35.5. The normalized spacial score (nSPS) is 18.3. The summed E-state index contributed by atoms with van der Waals surface area (Å²) in [5.41, 5.74) is 1.35. The Labute approximate surface area is 219 Å². The van der Waals surface area contributed by atoms with Crippen molar-refractivity contribution in [2.75, 3.05) is 10.6 Å². The molecule has 0 aliphatic heterocycles. The van der Waals surface area contributed by atoms with E-state index in [2.05, 4.69) is 15.6 Å². The molecule has 0 spiro atoms. The van der Waals surface area contributed by atoms with Gasteiger partial charge in [0.2, 0.25) is 5.91 Å². The van der Waals surface area contributed by atoms with Gasteiger partial charge in [0.05, 0.1) is 22.7 Å². The Morgan fingerprint density at radius 1 is 1.00 bits per heavy atom. The van der Waals surface area contributed by atoms with Crippen molar-refractivity contribution in [1.29, 1.82) is 0 Å². The van der Waals surface area contributed by atoms with E-state index in [1.807, 2.05) is 0 Å². The number of carbonyl (C=O) groups excluding carboxylic acids is 2. The topological polar surface area (TPSA) is 71.1 Å². The highest BCUT2D eigenvalue weighted by molar-refractivity contribution is 6.53. The fraction of sp³-hybridized carbons (Fsp3) is 0.174. The number of carbonyl (C=O) groups is 2. The molecule has 1 aliphatic rings. The van der Waals surface area contributed by atoms with Crippen molar-refractivity contribution >= 4 is 81.3 Å². The number of aryl methyl sites for hydroxylation is 1. The van der Waals surface area contributed by atoms with Crippen LogP contribution in [0.15, 0.2) is 48.7 Å². The summed E-state index contributed by atoms with van der Waals surface area (Å²) < 4.78 is 12.1. The molecular formula is C23H15Cl5FN3O2. The lowest BCUT2D eigenvalue weighted by atomic mass is 10.1. The number of halogens is 6. The molecule has 176 valence electrons. The summed E-state index contributed by atoms with van der Waals surface area (Å²) in [7, 11) is 0. The number of pyridine rings is 1. The second kappa shape index (κ2) is 9.51. The zero-order chi connectivity index (χ0) is 24.8. The lowest BCUT2D eigenvalue weighted by Gasteiger charge is -2.10. The van der Waals surface area contributed by atoms with E-state index in [0.717, 1.165) is 6.20 Å². The summed E-state index contributed by atoms with van der Waals surface area (Å²) >= 11 is 31.1. The van der Waals surface area contributed by atoms with Gasteiger partial charge < -0.3 is 10.6 Å². The van der Waals surface area contributed by atoms with E-state index in [9.17, 15) is 14.0 Å². The highest BCUT2D eigenvalue weighted by Crippen LogP contribution is 2.65. The van der Waals surface area contributed by atoms with E-state index >= 15 is 0 Å². The van der Waals surface area contributed by atoms with Crippen molar-refractivity contribution < 1.29 is 14.0 Å². The maximum atomic E-state index is 13.4. The average molecular weight is 562 g/mol. The number of aromatic nitrogens is 1. The Kier molecular flexibility index (Phi) is 7.00. The van der Waals surface area contributed by atoms with E-state index < -0.39 is 33.8 Å². The van der Waals surface area contributed by atoms with Crippen LogP contribution in [-0.2, 0) is 4.79 Å². The minimum Gasteiger partial charge on any atom is -0.326 e. The van der Waals surface area contributed by atoms with Gasteiger partial charge in [-0.1, -0.05) is 34.8 Å². The van der Waals surface area contributed by atoms with Crippen LogP contribution in [0, 0.1) is 18.7 Å². The molecule has 5 nitrogen and oxygen atoms in total. The van der Waals surface area contributed by atoms with Gasteiger partial charge in [0.1, 0.15) is 16.0 Å². The number of anilines is 2. The summed E-state index contributed by atoms with van der Waals surface area (Å²) in [5, 5.41) is 6.22. The van der Waals surface area contributed by atoms with E-state index in [4.69, 9.17) is 58.0 Å². The zero-order valence-electron chi connectivity index (χ0n) is 17.3. The number of alkyl halides is 2. The van der Waals surface area contributed by atoms with E-state index in [1.54, 1.807) is 25.1 Å². The van der Waals surface area contributed by atoms with Crippen LogP contribution in [0.1, 0.15) is 27.4 Å². The van der Waals surface area contributed by atoms with E-state index in [-0.39, 0.29) is 16.4 Å². The van der Waals surface area contributed by atoms with Gasteiger partial charge in [0.15, 0.2) is 0 Å². The van der Waals surface area contributed by atoms with Crippen molar-refractivity contribution in [3.63, 3.8) is 0 Å². The van der Waals surface area contributed by atoms with Gasteiger partial charge in [0, 0.05) is 21.7 Å². The van der Waals surface area contributed by atoms with Crippen LogP contribution in [0.4, 0.5) is 15.9 Å². The number of benzene rings is 2. The van der Waals surface area contributed by atoms with Crippen molar-refractivity contribution in [2.45, 2.75) is 17.2 Å². The maximum absolute atomic E-state index is 13.4. The largest absolute Gasteiger partial charge is 0.326 e. The molecule has 2 atom stereocenters. The molecule has 0 saturated heterocycles. The van der Waals surface area contributed by atoms with Crippen LogP contribution in [0.2, 0.25) is 15.1 Å². The molecule has 2 aromatic carbocycles. The molecule has 0 radical (unpaired) electrons. The van der Waals surface area contributed by atoms with Crippen LogP contribution < -0.4 is 10.6 Å². The molecule has 1 aromatic heterocycles. The molecule has 11 heteroatoms. The van der Waals surface area contributed by atoms with E-state index in [1.165, 1.54) is 24.3 Å². The molecule has 4 rings (SSSR count). The molecule has 2 amide bonds. The molecule has 34 heavy (non-hydrogen) atoms. The minimum atomic E-state index is -1.35. The molecule has 0 bridgehead atoms. The van der Waals surface area contributed by atoms with Crippen LogP contribution in [0.3, 0.4) is 0 Å². The molecule has 1 heterocycles. The average Bonchev–Trinajstić information content (AvgIpc) is 3.33. The summed E-state index contributed by atoms with van der Waals surface area (Å²) in [6.45, 7) is 1.55. The summed E-state index contributed by atoms with van der Waals surface area (Å²) in [5.74, 6) is -2.66. The predicted molar refractivity (Wildman–Crippen MR) is 134 cm³/mol. The van der Waals surface area contributed by atoms with Gasteiger partial charge in [-0.25, -0.2) is 9.37 Å². The Morgan fingerprint density at radius 3 is 2.32 bits per heavy atom. The lowest BCUT2D eigenvalue weighted by molar-refractivity contribution is -0.117. The number of nitrogens with zero attached hydrogens (tertiary/aromatic N) is 1. The molecule has 1 aliphatic carbocycles. The Bertz CT molecular complexity index is 1300. The van der Waals surface area contributed by atoms with Gasteiger partial charge in [0.25, 0.3) is 5.91 Å². The predicted octanol–water partition coefficient (Wildman–Crippen LogP) is 7.27. The molecule has 3 aromatic rings. The maximum Gasteiger partial charge on any atom is 0.258 e. The third-order valence-electron chi connectivity index (χ3n) is 5.35. The van der Waals surface area contributed by atoms with Crippen molar-refractivity contribution in [3.8, 4) is 0 Å². The molecule has 0 unspecified atom stereocenters. The van der Waals surface area contributed by atoms with Crippen LogP contribution in [-0.4, -0.2) is 21.1 Å². The Morgan fingerprint density at radius 2 is 1.68 bits per heavy atom. The smallest absolute Gasteiger partial charge is 0.258 e. The third kappa shape index (κ3) is 5.11. The monoisotopic (exact) mass is 559 g/mol. The van der Waals surface area contributed by atoms with Gasteiger partial charge in [-0.15, -0.1) is 23.2 Å². The van der Waals surface area contributed by atoms with E-state index in [0.29, 0.717) is 26.9 Å². The molecule has 1 fully saturated rings. The van der Waals surface area contributed by atoms with Crippen molar-refractivity contribution in [2.24, 2.45) is 5.92 Å². The van der Waals surface area contributed by atoms with Crippen molar-refractivity contribution in [3.05, 3.63) is 86.2 Å². The molecule has 1 saturated carbocycles. The highest BCUT2D eigenvalue weighted by Gasteiger charge is 2.67. The zero-order valence-corrected chi connectivity index (χ0v) is 21.1. The first-order chi connectivity index (χ1) is 16.0. The molecule has 2 N–H and O–H groups in total. The first-order valence-electron chi connectivity index (χ1n) is 9.85. The third-order valence-corrected chi connectivity index (χ3v) is 7.05. The minimum absolute atomic E-state index is 0.0835. The summed E-state index contributed by atoms with van der Waals surface area (Å²) in [6, 6.07) is 10.7. The molecular weight excluding hydrogens is 547 g/mol. The Hall–Kier alpha value is -2.09. The fourth-order valence-electron chi connectivity index (χ4n) is 3.61. The van der Waals surface area contributed by atoms with Gasteiger partial charge in [-0.05, 0) is 60.5 Å². The van der Waals surface area contributed by atoms with Gasteiger partial charge >= 0.3 is 0 Å². The Balaban J connectivity index is 1.51. The van der Waals surface area contributed by atoms with Crippen LogP contribution >= 0.6 is 58.0 Å². The first kappa shape index (κ1) is 25.0. The fourth-order valence-corrected chi connectivity index (χ4v) is 5.19.